The Balaban J connectivity index is 1.57. The Labute approximate surface area is 209 Å². The normalized spacial score (nSPS) is 24.1. The zero-order valence-corrected chi connectivity index (χ0v) is 20.4. The van der Waals surface area contributed by atoms with Gasteiger partial charge in [-0.1, -0.05) is 18.2 Å². The molecule has 1 aromatic heterocycles. The molecule has 0 saturated carbocycles. The van der Waals surface area contributed by atoms with E-state index in [9.17, 15) is 20.1 Å². The molecule has 9 heteroatoms. The molecule has 1 amide bonds. The molecule has 1 aliphatic heterocycles. The zero-order valence-electron chi connectivity index (χ0n) is 20.4. The molecule has 190 valence electrons. The Bertz CT molecular complexity index is 1260. The van der Waals surface area contributed by atoms with Gasteiger partial charge in [0.25, 0.3) is 0 Å². The third kappa shape index (κ3) is 5.34. The maximum atomic E-state index is 11.7. The standard InChI is InChI=1S/C27H30N2O7/c1-16(31)28-24-26(33)25(32)23(15-30)36-27(24)35-21-13-9-17(14-22(21)34-3)8-11-19-12-10-18-6-4-5-7-20(18)29(19)2/h4-14,23-27,30,32-33H,15H2,1-3H3/p+1/t23-,24+,25-,26-,27-/m1/s1. The van der Waals surface area contributed by atoms with Crippen molar-refractivity contribution in [1.82, 2.24) is 5.32 Å². The van der Waals surface area contributed by atoms with Crippen molar-refractivity contribution in [2.75, 3.05) is 13.7 Å². The van der Waals surface area contributed by atoms with Gasteiger partial charge in [-0.3, -0.25) is 4.79 Å². The van der Waals surface area contributed by atoms with Crippen LogP contribution < -0.4 is 19.4 Å². The highest BCUT2D eigenvalue weighted by molar-refractivity contribution is 5.77. The molecule has 0 unspecified atom stereocenters. The van der Waals surface area contributed by atoms with Crippen LogP contribution in [0.5, 0.6) is 11.5 Å². The lowest BCUT2D eigenvalue weighted by Gasteiger charge is -2.42. The molecule has 9 nitrogen and oxygen atoms in total. The van der Waals surface area contributed by atoms with E-state index in [4.69, 9.17) is 14.2 Å². The molecule has 36 heavy (non-hydrogen) atoms. The second kappa shape index (κ2) is 11.0. The molecule has 2 heterocycles. The minimum atomic E-state index is -1.40. The summed E-state index contributed by atoms with van der Waals surface area (Å²) in [6.07, 6.45) is -1.08. The number of amides is 1. The fraction of sp³-hybridized carbons (Fsp3) is 0.333. The first-order valence-electron chi connectivity index (χ1n) is 11.6. The van der Waals surface area contributed by atoms with Gasteiger partial charge in [0.15, 0.2) is 11.5 Å². The summed E-state index contributed by atoms with van der Waals surface area (Å²) in [5.41, 5.74) is 3.00. The number of hydrogen-bond acceptors (Lipinski definition) is 7. The van der Waals surface area contributed by atoms with Crippen molar-refractivity contribution in [3.63, 3.8) is 0 Å². The van der Waals surface area contributed by atoms with Gasteiger partial charge in [0, 0.05) is 30.5 Å². The number of carbonyl (C=O) groups excluding carboxylic acids is 1. The van der Waals surface area contributed by atoms with E-state index >= 15 is 0 Å². The molecule has 0 bridgehead atoms. The summed E-state index contributed by atoms with van der Waals surface area (Å²) < 4.78 is 19.2. The number of carbonyl (C=O) groups is 1. The molecule has 0 spiro atoms. The van der Waals surface area contributed by atoms with Crippen LogP contribution in [-0.2, 0) is 16.6 Å². The summed E-state index contributed by atoms with van der Waals surface area (Å²) >= 11 is 0. The molecule has 4 N–H and O–H groups in total. The summed E-state index contributed by atoms with van der Waals surface area (Å²) in [5, 5.41) is 33.9. The van der Waals surface area contributed by atoms with Crippen LogP contribution in [0.2, 0.25) is 0 Å². The third-order valence-corrected chi connectivity index (χ3v) is 6.25. The Morgan fingerprint density at radius 2 is 1.86 bits per heavy atom. The van der Waals surface area contributed by atoms with E-state index in [1.807, 2.05) is 43.5 Å². The topological polar surface area (TPSA) is 121 Å². The van der Waals surface area contributed by atoms with E-state index in [2.05, 4.69) is 28.1 Å². The number of fused-ring (bicyclic) bond motifs is 1. The van der Waals surface area contributed by atoms with E-state index in [1.54, 1.807) is 12.1 Å². The van der Waals surface area contributed by atoms with E-state index < -0.39 is 43.2 Å². The fourth-order valence-electron chi connectivity index (χ4n) is 4.29. The van der Waals surface area contributed by atoms with Crippen LogP contribution in [0.1, 0.15) is 18.2 Å². The number of nitrogens with zero attached hydrogens (tertiary/aromatic N) is 1. The summed E-state index contributed by atoms with van der Waals surface area (Å²) in [6, 6.07) is 16.5. The Morgan fingerprint density at radius 1 is 1.08 bits per heavy atom. The van der Waals surface area contributed by atoms with E-state index in [-0.39, 0.29) is 0 Å². The molecule has 5 atom stereocenters. The van der Waals surface area contributed by atoms with E-state index in [0.29, 0.717) is 11.5 Å². The van der Waals surface area contributed by atoms with Crippen LogP contribution in [-0.4, -0.2) is 65.6 Å². The maximum absolute atomic E-state index is 11.7. The van der Waals surface area contributed by atoms with Gasteiger partial charge in [0.2, 0.25) is 23.4 Å². The molecule has 1 fully saturated rings. The van der Waals surface area contributed by atoms with Crippen LogP contribution in [0.4, 0.5) is 0 Å². The number of para-hydroxylation sites is 1. The number of aliphatic hydroxyl groups excluding tert-OH is 3. The fourth-order valence-corrected chi connectivity index (χ4v) is 4.29. The number of aromatic nitrogens is 1. The monoisotopic (exact) mass is 495 g/mol. The number of rotatable bonds is 7. The lowest BCUT2D eigenvalue weighted by atomic mass is 9.97. The predicted octanol–water partition coefficient (Wildman–Crippen LogP) is 1.17. The summed E-state index contributed by atoms with van der Waals surface area (Å²) in [5.74, 6) is 0.290. The molecule has 3 aromatic rings. The first-order chi connectivity index (χ1) is 17.3. The number of hydrogen-bond donors (Lipinski definition) is 4. The van der Waals surface area contributed by atoms with Crippen LogP contribution >= 0.6 is 0 Å². The molecule has 1 saturated heterocycles. The van der Waals surface area contributed by atoms with Crippen molar-refractivity contribution < 1.29 is 38.9 Å². The van der Waals surface area contributed by atoms with Crippen molar-refractivity contribution in [2.45, 2.75) is 37.6 Å². The SMILES string of the molecule is COc1cc(C=Cc2ccc3ccccc3[n+]2C)ccc1O[C@@H]1O[C@H](CO)[C@@H](O)[C@H](O)[C@@H]1NC(C)=O. The van der Waals surface area contributed by atoms with Crippen LogP contribution in [0.3, 0.4) is 0 Å². The van der Waals surface area contributed by atoms with E-state index in [1.165, 1.54) is 14.0 Å². The Morgan fingerprint density at radius 3 is 2.58 bits per heavy atom. The van der Waals surface area contributed by atoms with Gasteiger partial charge in [0.05, 0.1) is 13.7 Å². The van der Waals surface area contributed by atoms with Gasteiger partial charge in [-0.25, -0.2) is 0 Å². The van der Waals surface area contributed by atoms with Crippen LogP contribution in [0.15, 0.2) is 54.6 Å². The number of pyridine rings is 1. The highest BCUT2D eigenvalue weighted by atomic mass is 16.7. The van der Waals surface area contributed by atoms with Crippen molar-refractivity contribution in [2.24, 2.45) is 7.05 Å². The molecule has 0 radical (unpaired) electrons. The lowest BCUT2D eigenvalue weighted by molar-refractivity contribution is -0.646. The van der Waals surface area contributed by atoms with Crippen LogP contribution in [0, 0.1) is 0 Å². The average molecular weight is 496 g/mol. The largest absolute Gasteiger partial charge is 0.493 e. The van der Waals surface area contributed by atoms with E-state index in [0.717, 1.165) is 22.2 Å². The van der Waals surface area contributed by atoms with Gasteiger partial charge in [-0.15, -0.1) is 0 Å². The highest BCUT2D eigenvalue weighted by Crippen LogP contribution is 2.32. The second-order valence-corrected chi connectivity index (χ2v) is 8.67. The molecule has 1 aliphatic rings. The summed E-state index contributed by atoms with van der Waals surface area (Å²) in [4.78, 5) is 11.7. The average Bonchev–Trinajstić information content (AvgIpc) is 2.88. The number of nitrogens with one attached hydrogen (secondary N) is 1. The molecule has 0 aliphatic carbocycles. The first kappa shape index (κ1) is 25.6. The van der Waals surface area contributed by atoms with Crippen molar-refractivity contribution >= 4 is 29.0 Å². The van der Waals surface area contributed by atoms with Crippen molar-refractivity contribution in [3.8, 4) is 11.5 Å². The van der Waals surface area contributed by atoms with Gasteiger partial charge >= 0.3 is 0 Å². The third-order valence-electron chi connectivity index (χ3n) is 6.25. The van der Waals surface area contributed by atoms with Crippen molar-refractivity contribution in [3.05, 3.63) is 65.9 Å². The molecule has 2 aromatic carbocycles. The number of benzene rings is 2. The summed E-state index contributed by atoms with van der Waals surface area (Å²) in [6.45, 7) is 0.753. The second-order valence-electron chi connectivity index (χ2n) is 8.67. The van der Waals surface area contributed by atoms with Gasteiger partial charge in [0.1, 0.15) is 31.4 Å². The number of aliphatic hydroxyl groups is 3. The number of methoxy groups -OCH3 is 1. The minimum absolute atomic E-state index is 0.312. The molecular weight excluding hydrogens is 464 g/mol. The van der Waals surface area contributed by atoms with Gasteiger partial charge < -0.3 is 34.8 Å². The number of ether oxygens (including phenoxy) is 3. The maximum Gasteiger partial charge on any atom is 0.223 e. The summed E-state index contributed by atoms with van der Waals surface area (Å²) in [7, 11) is 3.52. The lowest BCUT2D eigenvalue weighted by Crippen LogP contribution is -2.65. The highest BCUT2D eigenvalue weighted by Gasteiger charge is 2.46. The first-order valence-corrected chi connectivity index (χ1v) is 11.6. The predicted molar refractivity (Wildman–Crippen MR) is 133 cm³/mol. The van der Waals surface area contributed by atoms with Gasteiger partial charge in [-0.05, 0) is 35.9 Å². The Hall–Kier alpha value is -3.50. The Kier molecular flexibility index (Phi) is 7.85. The molecular formula is C27H31N2O7+. The zero-order chi connectivity index (χ0) is 25.8. The minimum Gasteiger partial charge on any atom is -0.493 e. The quantitative estimate of drug-likeness (QED) is 0.363. The van der Waals surface area contributed by atoms with Crippen LogP contribution in [0.25, 0.3) is 23.1 Å². The smallest absolute Gasteiger partial charge is 0.223 e. The van der Waals surface area contributed by atoms with Crippen molar-refractivity contribution in [1.29, 1.82) is 0 Å². The molecule has 4 rings (SSSR count). The van der Waals surface area contributed by atoms with Gasteiger partial charge in [-0.2, -0.15) is 4.57 Å². The number of aryl methyl sites for hydroxylation is 1.